The van der Waals surface area contributed by atoms with E-state index in [-0.39, 0.29) is 12.4 Å². The molecule has 1 aliphatic heterocycles. The maximum atomic E-state index is 9.03. The molecule has 2 aromatic carbocycles. The molecule has 4 heteroatoms. The molecular formula is C22H24ClN3. The van der Waals surface area contributed by atoms with Crippen molar-refractivity contribution in [2.24, 2.45) is 5.92 Å². The summed E-state index contributed by atoms with van der Waals surface area (Å²) in [5, 5.41) is 10.2. The van der Waals surface area contributed by atoms with Gasteiger partial charge in [0.05, 0.1) is 11.6 Å². The Kier molecular flexibility index (Phi) is 5.98. The van der Waals surface area contributed by atoms with Crippen molar-refractivity contribution in [2.45, 2.75) is 19.4 Å². The molecule has 0 N–H and O–H groups in total. The van der Waals surface area contributed by atoms with Gasteiger partial charge in [-0.25, -0.2) is 0 Å². The van der Waals surface area contributed by atoms with Gasteiger partial charge in [-0.1, -0.05) is 30.3 Å². The van der Waals surface area contributed by atoms with Crippen molar-refractivity contribution in [3.8, 4) is 6.07 Å². The van der Waals surface area contributed by atoms with Gasteiger partial charge < -0.3 is 9.47 Å². The van der Waals surface area contributed by atoms with Gasteiger partial charge in [0.1, 0.15) is 0 Å². The van der Waals surface area contributed by atoms with Crippen LogP contribution >= 0.6 is 12.4 Å². The number of likely N-dealkylation sites (tertiary alicyclic amines) is 1. The molecule has 0 spiro atoms. The number of benzene rings is 2. The molecule has 134 valence electrons. The van der Waals surface area contributed by atoms with E-state index in [1.165, 1.54) is 30.6 Å². The standard InChI is InChI=1S/C22H23N3.ClH/c23-15-19-6-7-22-21(14-19)10-13-25(22)17-20-9-12-24(16-20)11-8-18-4-2-1-3-5-18;/h1-7,10,13-14,20H,8-9,11-12,16-17H2;1H. The molecule has 0 radical (unpaired) electrons. The molecule has 1 atom stereocenters. The predicted octanol–water partition coefficient (Wildman–Crippen LogP) is 4.50. The number of halogens is 1. The second-order valence-corrected chi connectivity index (χ2v) is 7.04. The number of fused-ring (bicyclic) bond motifs is 1. The molecule has 3 aromatic rings. The average molecular weight is 366 g/mol. The number of nitrogens with zero attached hydrogens (tertiary/aromatic N) is 3. The highest BCUT2D eigenvalue weighted by molar-refractivity contribution is 5.85. The van der Waals surface area contributed by atoms with Crippen molar-refractivity contribution in [1.82, 2.24) is 9.47 Å². The van der Waals surface area contributed by atoms with E-state index in [0.29, 0.717) is 5.92 Å². The van der Waals surface area contributed by atoms with Gasteiger partial charge in [-0.2, -0.15) is 5.26 Å². The first-order valence-corrected chi connectivity index (χ1v) is 9.07. The summed E-state index contributed by atoms with van der Waals surface area (Å²) in [6.45, 7) is 4.60. The predicted molar refractivity (Wildman–Crippen MR) is 109 cm³/mol. The minimum absolute atomic E-state index is 0. The normalized spacial score (nSPS) is 17.1. The van der Waals surface area contributed by atoms with Crippen LogP contribution in [0.2, 0.25) is 0 Å². The van der Waals surface area contributed by atoms with Gasteiger partial charge in [-0.15, -0.1) is 12.4 Å². The lowest BCUT2D eigenvalue weighted by atomic mass is 10.1. The molecule has 0 bridgehead atoms. The van der Waals surface area contributed by atoms with Crippen LogP contribution in [0.4, 0.5) is 0 Å². The third-order valence-corrected chi connectivity index (χ3v) is 5.28. The third kappa shape index (κ3) is 4.09. The van der Waals surface area contributed by atoms with Crippen LogP contribution in [0.25, 0.3) is 10.9 Å². The molecular weight excluding hydrogens is 342 g/mol. The number of rotatable bonds is 5. The van der Waals surface area contributed by atoms with Crippen LogP contribution < -0.4 is 0 Å². The van der Waals surface area contributed by atoms with E-state index in [4.69, 9.17) is 5.26 Å². The summed E-state index contributed by atoms with van der Waals surface area (Å²) < 4.78 is 2.35. The first-order valence-electron chi connectivity index (χ1n) is 9.07. The van der Waals surface area contributed by atoms with Crippen molar-refractivity contribution < 1.29 is 0 Å². The van der Waals surface area contributed by atoms with Gasteiger partial charge in [0.15, 0.2) is 0 Å². The summed E-state index contributed by atoms with van der Waals surface area (Å²) in [6, 6.07) is 21.1. The largest absolute Gasteiger partial charge is 0.347 e. The molecule has 1 unspecified atom stereocenters. The third-order valence-electron chi connectivity index (χ3n) is 5.28. The summed E-state index contributed by atoms with van der Waals surface area (Å²) in [5.41, 5.74) is 3.40. The van der Waals surface area contributed by atoms with E-state index < -0.39 is 0 Å². The maximum absolute atomic E-state index is 9.03. The van der Waals surface area contributed by atoms with Gasteiger partial charge in [0.25, 0.3) is 0 Å². The first kappa shape index (κ1) is 18.5. The molecule has 26 heavy (non-hydrogen) atoms. The SMILES string of the molecule is Cl.N#Cc1ccc2c(ccn2CC2CCN(CCc3ccccc3)C2)c1. The lowest BCUT2D eigenvalue weighted by Gasteiger charge is -2.16. The highest BCUT2D eigenvalue weighted by Gasteiger charge is 2.22. The zero-order chi connectivity index (χ0) is 17.1. The Bertz CT molecular complexity index is 895. The zero-order valence-corrected chi connectivity index (χ0v) is 15.7. The van der Waals surface area contributed by atoms with Crippen LogP contribution in [0.15, 0.2) is 60.8 Å². The monoisotopic (exact) mass is 365 g/mol. The van der Waals surface area contributed by atoms with Crippen molar-refractivity contribution >= 4 is 23.3 Å². The second-order valence-electron chi connectivity index (χ2n) is 7.04. The van der Waals surface area contributed by atoms with Crippen LogP contribution in [0.1, 0.15) is 17.5 Å². The van der Waals surface area contributed by atoms with Gasteiger partial charge in [0, 0.05) is 36.7 Å². The maximum Gasteiger partial charge on any atom is 0.0991 e. The van der Waals surface area contributed by atoms with Crippen molar-refractivity contribution in [3.05, 3.63) is 71.9 Å². The van der Waals surface area contributed by atoms with Crippen LogP contribution in [0, 0.1) is 17.2 Å². The number of aromatic nitrogens is 1. The quantitative estimate of drug-likeness (QED) is 0.666. The molecule has 1 fully saturated rings. The summed E-state index contributed by atoms with van der Waals surface area (Å²) in [7, 11) is 0. The molecule has 0 aliphatic carbocycles. The van der Waals surface area contributed by atoms with Crippen LogP contribution in [0.5, 0.6) is 0 Å². The molecule has 3 nitrogen and oxygen atoms in total. The van der Waals surface area contributed by atoms with Crippen LogP contribution in [0.3, 0.4) is 0 Å². The van der Waals surface area contributed by atoms with Gasteiger partial charge in [0.2, 0.25) is 0 Å². The molecule has 1 aliphatic rings. The first-order chi connectivity index (χ1) is 12.3. The Morgan fingerprint density at radius 2 is 1.92 bits per heavy atom. The molecule has 1 aromatic heterocycles. The minimum Gasteiger partial charge on any atom is -0.347 e. The zero-order valence-electron chi connectivity index (χ0n) is 14.8. The Hall–Kier alpha value is -2.28. The number of nitriles is 1. The highest BCUT2D eigenvalue weighted by atomic mass is 35.5. The molecule has 1 saturated heterocycles. The number of hydrogen-bond donors (Lipinski definition) is 0. The average Bonchev–Trinajstić information content (AvgIpc) is 3.28. The summed E-state index contributed by atoms with van der Waals surface area (Å²) in [6.07, 6.45) is 4.57. The Balaban J connectivity index is 0.00000196. The lowest BCUT2D eigenvalue weighted by molar-refractivity contribution is 0.321. The van der Waals surface area contributed by atoms with E-state index in [1.807, 2.05) is 12.1 Å². The second kappa shape index (κ2) is 8.40. The van der Waals surface area contributed by atoms with Crippen LogP contribution in [-0.2, 0) is 13.0 Å². The Morgan fingerprint density at radius 1 is 1.08 bits per heavy atom. The van der Waals surface area contributed by atoms with Gasteiger partial charge in [-0.3, -0.25) is 0 Å². The van der Waals surface area contributed by atoms with Gasteiger partial charge in [-0.05, 0) is 55.1 Å². The van der Waals surface area contributed by atoms with Gasteiger partial charge >= 0.3 is 0 Å². The minimum atomic E-state index is 0. The topological polar surface area (TPSA) is 32.0 Å². The summed E-state index contributed by atoms with van der Waals surface area (Å²) in [5.74, 6) is 0.710. The van der Waals surface area contributed by atoms with E-state index in [2.05, 4.69) is 64.2 Å². The molecule has 4 rings (SSSR count). The fourth-order valence-corrected chi connectivity index (χ4v) is 3.90. The Morgan fingerprint density at radius 3 is 2.73 bits per heavy atom. The van der Waals surface area contributed by atoms with E-state index in [0.717, 1.165) is 30.5 Å². The highest BCUT2D eigenvalue weighted by Crippen LogP contribution is 2.23. The van der Waals surface area contributed by atoms with Crippen molar-refractivity contribution in [3.63, 3.8) is 0 Å². The van der Waals surface area contributed by atoms with Crippen molar-refractivity contribution in [1.29, 1.82) is 5.26 Å². The molecule has 2 heterocycles. The van der Waals surface area contributed by atoms with E-state index in [1.54, 1.807) is 0 Å². The van der Waals surface area contributed by atoms with Crippen LogP contribution in [-0.4, -0.2) is 29.1 Å². The molecule has 0 amide bonds. The fourth-order valence-electron chi connectivity index (χ4n) is 3.90. The number of hydrogen-bond acceptors (Lipinski definition) is 2. The van der Waals surface area contributed by atoms with Crippen molar-refractivity contribution in [2.75, 3.05) is 19.6 Å². The Labute approximate surface area is 161 Å². The van der Waals surface area contributed by atoms with E-state index >= 15 is 0 Å². The summed E-state index contributed by atoms with van der Waals surface area (Å²) in [4.78, 5) is 2.59. The van der Waals surface area contributed by atoms with E-state index in [9.17, 15) is 0 Å². The smallest absolute Gasteiger partial charge is 0.0991 e. The fraction of sp³-hybridized carbons (Fsp3) is 0.318. The summed E-state index contributed by atoms with van der Waals surface area (Å²) >= 11 is 0. The lowest BCUT2D eigenvalue weighted by Crippen LogP contribution is -2.24. The molecule has 0 saturated carbocycles.